The normalized spacial score (nSPS) is 13.3. The minimum Gasteiger partial charge on any atom is -0.507 e. The van der Waals surface area contributed by atoms with E-state index in [0.29, 0.717) is 11.0 Å². The van der Waals surface area contributed by atoms with Crippen LogP contribution in [0.25, 0.3) is 11.0 Å². The summed E-state index contributed by atoms with van der Waals surface area (Å²) >= 11 is 0. The number of hydrogen-bond acceptors (Lipinski definition) is 3. The number of phenolic OH excluding ortho intramolecular Hbond substituents is 1. The van der Waals surface area contributed by atoms with E-state index in [4.69, 9.17) is 9.52 Å². The Morgan fingerprint density at radius 2 is 2.21 bits per heavy atom. The lowest BCUT2D eigenvalue weighted by molar-refractivity contribution is 0.273. The highest BCUT2D eigenvalue weighted by Gasteiger charge is 2.14. The Morgan fingerprint density at radius 1 is 1.43 bits per heavy atom. The molecule has 1 aromatic carbocycles. The van der Waals surface area contributed by atoms with E-state index in [-0.39, 0.29) is 18.3 Å². The molecule has 74 valence electrons. The summed E-state index contributed by atoms with van der Waals surface area (Å²) in [4.78, 5) is 0. The fraction of sp³-hybridized carbons (Fsp3) is 0.273. The Morgan fingerprint density at radius 3 is 2.93 bits per heavy atom. The second kappa shape index (κ2) is 3.35. The second-order valence-electron chi connectivity index (χ2n) is 3.42. The van der Waals surface area contributed by atoms with E-state index in [0.717, 1.165) is 5.56 Å². The molecule has 3 heteroatoms. The number of fused-ring (bicyclic) bond motifs is 1. The van der Waals surface area contributed by atoms with E-state index in [2.05, 4.69) is 0 Å². The first-order chi connectivity index (χ1) is 6.74. The summed E-state index contributed by atoms with van der Waals surface area (Å²) in [5.41, 5.74) is 1.50. The topological polar surface area (TPSA) is 53.6 Å². The zero-order chi connectivity index (χ0) is 10.1. The predicted octanol–water partition coefficient (Wildman–Crippen LogP) is 2.23. The third-order valence-electron chi connectivity index (χ3n) is 2.41. The van der Waals surface area contributed by atoms with E-state index in [1.54, 1.807) is 24.5 Å². The van der Waals surface area contributed by atoms with Gasteiger partial charge in [-0.15, -0.1) is 0 Å². The van der Waals surface area contributed by atoms with Gasteiger partial charge in [0.05, 0.1) is 11.6 Å². The summed E-state index contributed by atoms with van der Waals surface area (Å²) in [5.74, 6) is 0.177. The number of hydrogen-bond donors (Lipinski definition) is 2. The van der Waals surface area contributed by atoms with Gasteiger partial charge in [0.25, 0.3) is 0 Å². The van der Waals surface area contributed by atoms with Gasteiger partial charge in [-0.25, -0.2) is 0 Å². The van der Waals surface area contributed by atoms with Crippen LogP contribution in [0.15, 0.2) is 28.9 Å². The number of aromatic hydroxyl groups is 1. The average molecular weight is 192 g/mol. The molecule has 2 aromatic rings. The van der Waals surface area contributed by atoms with Gasteiger partial charge in [-0.1, -0.05) is 13.0 Å². The lowest BCUT2D eigenvalue weighted by atomic mass is 10.0. The van der Waals surface area contributed by atoms with Gasteiger partial charge in [0.2, 0.25) is 0 Å². The standard InChI is InChI=1S/C11H12O3/c1-7(5-12)8-6-14-10-4-2-3-9(13)11(8)10/h2-4,6-7,12-13H,5H2,1H3. The number of phenols is 1. The number of benzene rings is 1. The predicted molar refractivity (Wildman–Crippen MR) is 53.4 cm³/mol. The summed E-state index contributed by atoms with van der Waals surface area (Å²) < 4.78 is 5.28. The first kappa shape index (κ1) is 9.09. The summed E-state index contributed by atoms with van der Waals surface area (Å²) in [6.45, 7) is 1.93. The maximum Gasteiger partial charge on any atom is 0.137 e. The molecule has 0 fully saturated rings. The molecule has 0 aliphatic carbocycles. The summed E-state index contributed by atoms with van der Waals surface area (Å²) in [6, 6.07) is 5.14. The van der Waals surface area contributed by atoms with Crippen molar-refractivity contribution in [2.75, 3.05) is 6.61 Å². The Hall–Kier alpha value is -1.48. The number of rotatable bonds is 2. The van der Waals surface area contributed by atoms with Crippen LogP contribution in [-0.4, -0.2) is 16.8 Å². The van der Waals surface area contributed by atoms with Crippen LogP contribution in [-0.2, 0) is 0 Å². The Bertz CT molecular complexity index is 445. The summed E-state index contributed by atoms with van der Waals surface area (Å²) in [7, 11) is 0. The summed E-state index contributed by atoms with van der Waals surface area (Å²) in [6.07, 6.45) is 1.59. The maximum atomic E-state index is 9.64. The molecule has 1 aromatic heterocycles. The Balaban J connectivity index is 2.67. The minimum absolute atomic E-state index is 0.0236. The smallest absolute Gasteiger partial charge is 0.137 e. The van der Waals surface area contributed by atoms with E-state index in [1.165, 1.54) is 0 Å². The molecular formula is C11H12O3. The van der Waals surface area contributed by atoms with Crippen molar-refractivity contribution in [1.29, 1.82) is 0 Å². The number of furan rings is 1. The van der Waals surface area contributed by atoms with Gasteiger partial charge in [-0.05, 0) is 12.1 Å². The van der Waals surface area contributed by atoms with Crippen molar-refractivity contribution < 1.29 is 14.6 Å². The van der Waals surface area contributed by atoms with Crippen LogP contribution in [0.5, 0.6) is 5.75 Å². The zero-order valence-electron chi connectivity index (χ0n) is 7.90. The molecule has 2 rings (SSSR count). The van der Waals surface area contributed by atoms with Gasteiger partial charge in [-0.3, -0.25) is 0 Å². The average Bonchev–Trinajstić information content (AvgIpc) is 2.62. The molecule has 0 saturated heterocycles. The quantitative estimate of drug-likeness (QED) is 0.767. The van der Waals surface area contributed by atoms with Crippen molar-refractivity contribution in [3.63, 3.8) is 0 Å². The summed E-state index contributed by atoms with van der Waals surface area (Å²) in [5, 5.41) is 19.4. The Labute approximate surface area is 81.6 Å². The zero-order valence-corrected chi connectivity index (χ0v) is 7.90. The van der Waals surface area contributed by atoms with Gasteiger partial charge in [0, 0.05) is 18.1 Å². The molecule has 0 aliphatic rings. The van der Waals surface area contributed by atoms with Crippen LogP contribution in [0.3, 0.4) is 0 Å². The van der Waals surface area contributed by atoms with Crippen molar-refractivity contribution in [3.8, 4) is 5.75 Å². The molecule has 0 aliphatic heterocycles. The van der Waals surface area contributed by atoms with E-state index in [1.807, 2.05) is 6.92 Å². The molecule has 14 heavy (non-hydrogen) atoms. The highest BCUT2D eigenvalue weighted by atomic mass is 16.3. The molecule has 0 spiro atoms. The monoisotopic (exact) mass is 192 g/mol. The molecule has 0 radical (unpaired) electrons. The number of aliphatic hydroxyl groups excluding tert-OH is 1. The fourth-order valence-corrected chi connectivity index (χ4v) is 1.55. The van der Waals surface area contributed by atoms with Crippen LogP contribution in [0.4, 0.5) is 0 Å². The van der Waals surface area contributed by atoms with Gasteiger partial charge < -0.3 is 14.6 Å². The molecule has 0 amide bonds. The minimum atomic E-state index is -0.0236. The van der Waals surface area contributed by atoms with Crippen LogP contribution >= 0.6 is 0 Å². The molecular weight excluding hydrogens is 180 g/mol. The molecule has 1 heterocycles. The van der Waals surface area contributed by atoms with Crippen LogP contribution in [0.2, 0.25) is 0 Å². The van der Waals surface area contributed by atoms with Gasteiger partial charge in [-0.2, -0.15) is 0 Å². The third kappa shape index (κ3) is 1.26. The third-order valence-corrected chi connectivity index (χ3v) is 2.41. The molecule has 0 bridgehead atoms. The van der Waals surface area contributed by atoms with Gasteiger partial charge in [0.15, 0.2) is 0 Å². The van der Waals surface area contributed by atoms with Crippen molar-refractivity contribution >= 4 is 11.0 Å². The molecule has 3 nitrogen and oxygen atoms in total. The first-order valence-corrected chi connectivity index (χ1v) is 4.54. The van der Waals surface area contributed by atoms with Crippen LogP contribution < -0.4 is 0 Å². The molecule has 0 saturated carbocycles. The highest BCUT2D eigenvalue weighted by molar-refractivity contribution is 5.87. The maximum absolute atomic E-state index is 9.64. The van der Waals surface area contributed by atoms with Crippen molar-refractivity contribution in [2.24, 2.45) is 0 Å². The van der Waals surface area contributed by atoms with E-state index >= 15 is 0 Å². The number of aliphatic hydroxyl groups is 1. The second-order valence-corrected chi connectivity index (χ2v) is 3.42. The van der Waals surface area contributed by atoms with Crippen molar-refractivity contribution in [2.45, 2.75) is 12.8 Å². The van der Waals surface area contributed by atoms with Gasteiger partial charge in [0.1, 0.15) is 11.3 Å². The lowest BCUT2D eigenvalue weighted by Crippen LogP contribution is -1.97. The lowest BCUT2D eigenvalue weighted by Gasteiger charge is -2.05. The van der Waals surface area contributed by atoms with Crippen LogP contribution in [0, 0.1) is 0 Å². The van der Waals surface area contributed by atoms with E-state index < -0.39 is 0 Å². The highest BCUT2D eigenvalue weighted by Crippen LogP contribution is 2.33. The fourth-order valence-electron chi connectivity index (χ4n) is 1.55. The largest absolute Gasteiger partial charge is 0.507 e. The van der Waals surface area contributed by atoms with Gasteiger partial charge >= 0.3 is 0 Å². The molecule has 2 N–H and O–H groups in total. The van der Waals surface area contributed by atoms with E-state index in [9.17, 15) is 5.11 Å². The van der Waals surface area contributed by atoms with Crippen molar-refractivity contribution in [1.82, 2.24) is 0 Å². The molecule has 1 atom stereocenters. The molecule has 1 unspecified atom stereocenters. The van der Waals surface area contributed by atoms with Crippen molar-refractivity contribution in [3.05, 3.63) is 30.0 Å². The Kier molecular flexibility index (Phi) is 2.17. The van der Waals surface area contributed by atoms with Crippen LogP contribution in [0.1, 0.15) is 18.4 Å². The first-order valence-electron chi connectivity index (χ1n) is 4.54. The SMILES string of the molecule is CC(CO)c1coc2cccc(O)c12.